The van der Waals surface area contributed by atoms with Gasteiger partial charge in [-0.25, -0.2) is 0 Å². The molecule has 1 saturated carbocycles. The van der Waals surface area contributed by atoms with Crippen molar-refractivity contribution in [3.8, 4) is 0 Å². The van der Waals surface area contributed by atoms with Gasteiger partial charge in [-0.05, 0) is 79.9 Å². The molecule has 0 amide bonds. The molecule has 1 aliphatic rings. The van der Waals surface area contributed by atoms with Gasteiger partial charge in [0.15, 0.2) is 0 Å². The molecular formula is C35H52O. The highest BCUT2D eigenvalue weighted by molar-refractivity contribution is 5.23. The van der Waals surface area contributed by atoms with Crippen molar-refractivity contribution in [3.05, 3.63) is 83.4 Å². The van der Waals surface area contributed by atoms with Crippen molar-refractivity contribution in [2.45, 2.75) is 110 Å². The molecule has 1 aliphatic carbocycles. The maximum Gasteiger partial charge on any atom is 0.0821 e. The van der Waals surface area contributed by atoms with Gasteiger partial charge in [0.05, 0.1) is 6.10 Å². The standard InChI is InChI=1S/C35H52O/c1-4-5-7-12-30-20-22-31(23-21-30)13-10-11-14-32-24-26-33(27-25-32)19-17-29(2)18-28-35(36-3)34-15-8-6-9-16-34/h4-6,8-9,15-16,20-23,29,32-33,35H,7,10-14,17-19,24-28H2,1-3H3. The van der Waals surface area contributed by atoms with Crippen LogP contribution in [0.3, 0.4) is 0 Å². The first kappa shape index (κ1) is 28.7. The Morgan fingerprint density at radius 3 is 2.06 bits per heavy atom. The molecule has 2 aromatic rings. The van der Waals surface area contributed by atoms with Crippen LogP contribution in [0.5, 0.6) is 0 Å². The minimum Gasteiger partial charge on any atom is -0.377 e. The highest BCUT2D eigenvalue weighted by atomic mass is 16.5. The van der Waals surface area contributed by atoms with Crippen LogP contribution in [0.2, 0.25) is 0 Å². The van der Waals surface area contributed by atoms with Gasteiger partial charge in [-0.3, -0.25) is 0 Å². The zero-order chi connectivity index (χ0) is 25.4. The summed E-state index contributed by atoms with van der Waals surface area (Å²) in [4.78, 5) is 0. The van der Waals surface area contributed by atoms with Crippen molar-refractivity contribution < 1.29 is 4.74 Å². The predicted octanol–water partition coefficient (Wildman–Crippen LogP) is 10.3. The Kier molecular flexibility index (Phi) is 13.4. The van der Waals surface area contributed by atoms with Crippen LogP contribution >= 0.6 is 0 Å². The molecular weight excluding hydrogens is 436 g/mol. The normalized spacial score (nSPS) is 20.0. The van der Waals surface area contributed by atoms with Gasteiger partial charge in [0.1, 0.15) is 0 Å². The van der Waals surface area contributed by atoms with Crippen molar-refractivity contribution in [1.29, 1.82) is 0 Å². The first-order valence-corrected chi connectivity index (χ1v) is 14.9. The van der Waals surface area contributed by atoms with Gasteiger partial charge >= 0.3 is 0 Å². The number of aryl methyl sites for hydroxylation is 2. The second-order valence-corrected chi connectivity index (χ2v) is 11.5. The smallest absolute Gasteiger partial charge is 0.0821 e. The van der Waals surface area contributed by atoms with Crippen LogP contribution in [0.25, 0.3) is 0 Å². The van der Waals surface area contributed by atoms with Crippen molar-refractivity contribution in [3.63, 3.8) is 0 Å². The summed E-state index contributed by atoms with van der Waals surface area (Å²) < 4.78 is 5.78. The van der Waals surface area contributed by atoms with E-state index in [1.54, 1.807) is 0 Å². The molecule has 2 unspecified atom stereocenters. The Bertz CT molecular complexity index is 829. The number of hydrogen-bond acceptors (Lipinski definition) is 1. The van der Waals surface area contributed by atoms with Gasteiger partial charge in [-0.2, -0.15) is 0 Å². The van der Waals surface area contributed by atoms with Crippen LogP contribution in [-0.2, 0) is 17.6 Å². The molecule has 1 heteroatoms. The van der Waals surface area contributed by atoms with E-state index in [0.29, 0.717) is 0 Å². The van der Waals surface area contributed by atoms with E-state index in [-0.39, 0.29) is 6.10 Å². The summed E-state index contributed by atoms with van der Waals surface area (Å²) in [7, 11) is 1.85. The highest BCUT2D eigenvalue weighted by Gasteiger charge is 2.21. The molecule has 0 radical (unpaired) electrons. The topological polar surface area (TPSA) is 9.23 Å². The molecule has 0 heterocycles. The summed E-state index contributed by atoms with van der Waals surface area (Å²) >= 11 is 0. The molecule has 0 bridgehead atoms. The van der Waals surface area contributed by atoms with Crippen molar-refractivity contribution in [2.75, 3.05) is 7.11 Å². The maximum absolute atomic E-state index is 5.78. The Morgan fingerprint density at radius 1 is 0.778 bits per heavy atom. The zero-order valence-electron chi connectivity index (χ0n) is 23.5. The second-order valence-electron chi connectivity index (χ2n) is 11.5. The molecule has 198 valence electrons. The van der Waals surface area contributed by atoms with E-state index in [9.17, 15) is 0 Å². The lowest BCUT2D eigenvalue weighted by Gasteiger charge is -2.29. The number of benzene rings is 2. The Morgan fingerprint density at radius 2 is 1.42 bits per heavy atom. The molecule has 1 nitrogen and oxygen atoms in total. The Hall–Kier alpha value is -1.86. The second kappa shape index (κ2) is 16.8. The van der Waals surface area contributed by atoms with Crippen LogP contribution in [-0.4, -0.2) is 7.11 Å². The summed E-state index contributed by atoms with van der Waals surface area (Å²) in [6.07, 6.45) is 23.5. The Balaban J connectivity index is 1.23. The third kappa shape index (κ3) is 10.6. The molecule has 36 heavy (non-hydrogen) atoms. The number of allylic oxidation sites excluding steroid dienone is 2. The molecule has 1 fully saturated rings. The third-order valence-corrected chi connectivity index (χ3v) is 8.60. The van der Waals surface area contributed by atoms with E-state index in [1.165, 1.54) is 87.3 Å². The summed E-state index contributed by atoms with van der Waals surface area (Å²) in [5.74, 6) is 2.76. The average Bonchev–Trinajstić information content (AvgIpc) is 2.92. The molecule has 0 spiro atoms. The molecule has 3 rings (SSSR count). The van der Waals surface area contributed by atoms with Gasteiger partial charge < -0.3 is 4.74 Å². The van der Waals surface area contributed by atoms with Crippen LogP contribution in [0.4, 0.5) is 0 Å². The van der Waals surface area contributed by atoms with Gasteiger partial charge in [-0.15, -0.1) is 0 Å². The first-order valence-electron chi connectivity index (χ1n) is 14.9. The fourth-order valence-electron chi connectivity index (χ4n) is 6.05. The van der Waals surface area contributed by atoms with E-state index >= 15 is 0 Å². The average molecular weight is 489 g/mol. The maximum atomic E-state index is 5.78. The van der Waals surface area contributed by atoms with Crippen molar-refractivity contribution >= 4 is 0 Å². The van der Waals surface area contributed by atoms with E-state index in [0.717, 1.165) is 37.0 Å². The summed E-state index contributed by atoms with van der Waals surface area (Å²) in [6.45, 7) is 4.55. The van der Waals surface area contributed by atoms with E-state index < -0.39 is 0 Å². The number of methoxy groups -OCH3 is 1. The van der Waals surface area contributed by atoms with Gasteiger partial charge in [0, 0.05) is 7.11 Å². The third-order valence-electron chi connectivity index (χ3n) is 8.60. The van der Waals surface area contributed by atoms with Crippen LogP contribution in [0.15, 0.2) is 66.7 Å². The zero-order valence-corrected chi connectivity index (χ0v) is 23.5. The van der Waals surface area contributed by atoms with E-state index in [2.05, 4.69) is 80.6 Å². The SMILES string of the molecule is CC=CCCc1ccc(CCCCC2CCC(CCC(C)CCC(OC)c3ccccc3)CC2)cc1. The number of ether oxygens (including phenoxy) is 1. The summed E-state index contributed by atoms with van der Waals surface area (Å²) in [5, 5.41) is 0. The quantitative estimate of drug-likeness (QED) is 0.169. The summed E-state index contributed by atoms with van der Waals surface area (Å²) in [6, 6.07) is 20.1. The minimum atomic E-state index is 0.247. The first-order chi connectivity index (χ1) is 17.7. The largest absolute Gasteiger partial charge is 0.377 e. The lowest BCUT2D eigenvalue weighted by atomic mass is 9.77. The van der Waals surface area contributed by atoms with Crippen LogP contribution in [0, 0.1) is 17.8 Å². The molecule has 0 N–H and O–H groups in total. The fourth-order valence-corrected chi connectivity index (χ4v) is 6.05. The van der Waals surface area contributed by atoms with Gasteiger partial charge in [-0.1, -0.05) is 125 Å². The minimum absolute atomic E-state index is 0.247. The molecule has 0 aliphatic heterocycles. The molecule has 2 atom stereocenters. The van der Waals surface area contributed by atoms with E-state index in [1.807, 2.05) is 7.11 Å². The Labute approximate surface area is 222 Å². The monoisotopic (exact) mass is 488 g/mol. The lowest BCUT2D eigenvalue weighted by molar-refractivity contribution is 0.0889. The van der Waals surface area contributed by atoms with Crippen LogP contribution < -0.4 is 0 Å². The lowest BCUT2D eigenvalue weighted by Crippen LogP contribution is -2.15. The van der Waals surface area contributed by atoms with Gasteiger partial charge in [0.2, 0.25) is 0 Å². The number of hydrogen-bond donors (Lipinski definition) is 0. The number of unbranched alkanes of at least 4 members (excludes halogenated alkanes) is 1. The van der Waals surface area contributed by atoms with Crippen LogP contribution in [0.1, 0.15) is 114 Å². The molecule has 2 aromatic carbocycles. The van der Waals surface area contributed by atoms with Crippen molar-refractivity contribution in [1.82, 2.24) is 0 Å². The molecule has 0 aromatic heterocycles. The predicted molar refractivity (Wildman–Crippen MR) is 156 cm³/mol. The van der Waals surface area contributed by atoms with Crippen molar-refractivity contribution in [2.24, 2.45) is 17.8 Å². The van der Waals surface area contributed by atoms with E-state index in [4.69, 9.17) is 4.74 Å². The van der Waals surface area contributed by atoms with Gasteiger partial charge in [0.25, 0.3) is 0 Å². The summed E-state index contributed by atoms with van der Waals surface area (Å²) in [5.41, 5.74) is 4.30. The highest BCUT2D eigenvalue weighted by Crippen LogP contribution is 2.35. The molecule has 0 saturated heterocycles. The number of rotatable bonds is 16. The fraction of sp³-hybridized carbons (Fsp3) is 0.600.